The minimum absolute atomic E-state index is 0.764. The maximum atomic E-state index is 6.95. The fourth-order valence-corrected chi connectivity index (χ4v) is 2.01. The van der Waals surface area contributed by atoms with Crippen LogP contribution in [-0.2, 0) is 0 Å². The highest BCUT2D eigenvalue weighted by Gasteiger charge is 2.18. The van der Waals surface area contributed by atoms with E-state index in [0.29, 0.717) is 0 Å². The molecule has 0 unspecified atom stereocenters. The highest BCUT2D eigenvalue weighted by molar-refractivity contribution is 5.72. The van der Waals surface area contributed by atoms with Crippen LogP contribution in [0.4, 0.5) is 5.69 Å². The standard InChI is InChI=1S/C12H18N6/c13-17-16-12(15-11-5-2-1-3-6-11)18-9-4-7-14-8-10-18/h1-3,5-6,14H,4,7-10H2,(H2,13,15,16)/p+1. The Morgan fingerprint density at radius 2 is 2.06 bits per heavy atom. The largest absolute Gasteiger partial charge is 0.327 e. The first-order chi connectivity index (χ1) is 8.90. The van der Waals surface area contributed by atoms with Gasteiger partial charge in [-0.25, -0.2) is 5.32 Å². The normalized spacial score (nSPS) is 17.3. The number of benzene rings is 1. The van der Waals surface area contributed by atoms with Crippen molar-refractivity contribution in [1.29, 1.82) is 5.53 Å². The van der Waals surface area contributed by atoms with E-state index in [4.69, 9.17) is 5.53 Å². The Kier molecular flexibility index (Phi) is 4.80. The first-order valence-corrected chi connectivity index (χ1v) is 6.20. The molecule has 6 nitrogen and oxygen atoms in total. The summed E-state index contributed by atoms with van der Waals surface area (Å²) in [5.41, 5.74) is 8.03. The lowest BCUT2D eigenvalue weighted by Gasteiger charge is -2.19. The van der Waals surface area contributed by atoms with Crippen LogP contribution in [0.2, 0.25) is 0 Å². The number of para-hydroxylation sites is 1. The van der Waals surface area contributed by atoms with E-state index in [2.05, 4.69) is 20.5 Å². The molecular formula is C12H19N6+. The van der Waals surface area contributed by atoms with Gasteiger partial charge in [-0.15, -0.1) is 0 Å². The smallest absolute Gasteiger partial charge is 0.315 e. The van der Waals surface area contributed by atoms with Gasteiger partial charge in [-0.1, -0.05) is 23.3 Å². The van der Waals surface area contributed by atoms with Crippen molar-refractivity contribution in [1.82, 2.24) is 10.2 Å². The number of nitrogens with zero attached hydrogens (tertiary/aromatic N) is 3. The Morgan fingerprint density at radius 1 is 1.22 bits per heavy atom. The Bertz CT molecular complexity index is 394. The third-order valence-electron chi connectivity index (χ3n) is 2.91. The lowest BCUT2D eigenvalue weighted by atomic mass is 10.3. The number of hydrogen-bond donors (Lipinski definition) is 3. The predicted octanol–water partition coefficient (Wildman–Crippen LogP) is 0.479. The summed E-state index contributed by atoms with van der Waals surface area (Å²) in [7, 11) is 0. The van der Waals surface area contributed by atoms with Gasteiger partial charge in [-0.05, 0) is 30.3 Å². The van der Waals surface area contributed by atoms with E-state index >= 15 is 0 Å². The molecule has 1 fully saturated rings. The minimum Gasteiger partial charge on any atom is -0.315 e. The summed E-state index contributed by atoms with van der Waals surface area (Å²) in [6.45, 7) is 3.83. The van der Waals surface area contributed by atoms with Gasteiger partial charge < -0.3 is 10.2 Å². The van der Waals surface area contributed by atoms with Crippen LogP contribution in [0.25, 0.3) is 0 Å². The molecule has 0 aliphatic carbocycles. The zero-order chi connectivity index (χ0) is 12.6. The van der Waals surface area contributed by atoms with Crippen LogP contribution in [0.1, 0.15) is 6.42 Å². The molecule has 1 aromatic carbocycles. The van der Waals surface area contributed by atoms with Gasteiger partial charge in [0.15, 0.2) is 0 Å². The second kappa shape index (κ2) is 6.83. The van der Waals surface area contributed by atoms with Crippen molar-refractivity contribution in [3.05, 3.63) is 30.3 Å². The van der Waals surface area contributed by atoms with Crippen LogP contribution in [0, 0.1) is 5.53 Å². The molecule has 2 rings (SSSR count). The monoisotopic (exact) mass is 247 g/mol. The first-order valence-electron chi connectivity index (χ1n) is 6.20. The van der Waals surface area contributed by atoms with Crippen LogP contribution in [0.3, 0.4) is 0 Å². The summed E-state index contributed by atoms with van der Waals surface area (Å²) >= 11 is 0. The van der Waals surface area contributed by atoms with Gasteiger partial charge in [-0.3, -0.25) is 0 Å². The van der Waals surface area contributed by atoms with Crippen LogP contribution in [-0.4, -0.2) is 37.0 Å². The van der Waals surface area contributed by atoms with Crippen LogP contribution < -0.4 is 10.6 Å². The van der Waals surface area contributed by atoms with Gasteiger partial charge in [0, 0.05) is 19.6 Å². The number of rotatable bonds is 2. The molecule has 1 aliphatic rings. The fraction of sp³-hybridized carbons (Fsp3) is 0.417. The van der Waals surface area contributed by atoms with Gasteiger partial charge in [0.1, 0.15) is 5.69 Å². The lowest BCUT2D eigenvalue weighted by molar-refractivity contribution is -0.456. The Labute approximate surface area is 107 Å². The Morgan fingerprint density at radius 3 is 2.83 bits per heavy atom. The van der Waals surface area contributed by atoms with Crippen LogP contribution in [0.5, 0.6) is 0 Å². The third kappa shape index (κ3) is 3.61. The van der Waals surface area contributed by atoms with Crippen LogP contribution in [0.15, 0.2) is 40.7 Å². The highest BCUT2D eigenvalue weighted by Crippen LogP contribution is 1.99. The third-order valence-corrected chi connectivity index (χ3v) is 2.91. The van der Waals surface area contributed by atoms with E-state index in [0.717, 1.165) is 44.2 Å². The summed E-state index contributed by atoms with van der Waals surface area (Å²) in [6, 6.07) is 10.0. The van der Waals surface area contributed by atoms with Gasteiger partial charge in [-0.2, -0.15) is 5.53 Å². The van der Waals surface area contributed by atoms with Crippen molar-refractivity contribution in [2.75, 3.05) is 26.2 Å². The molecule has 1 aromatic rings. The maximum absolute atomic E-state index is 6.95. The van der Waals surface area contributed by atoms with Gasteiger partial charge in [0.2, 0.25) is 0 Å². The average Bonchev–Trinajstić information content (AvgIpc) is 2.68. The zero-order valence-corrected chi connectivity index (χ0v) is 10.3. The van der Waals surface area contributed by atoms with E-state index in [1.807, 2.05) is 35.6 Å². The molecule has 1 aliphatic heterocycles. The van der Waals surface area contributed by atoms with Crippen molar-refractivity contribution < 1.29 is 5.32 Å². The van der Waals surface area contributed by atoms with E-state index < -0.39 is 0 Å². The molecular weight excluding hydrogens is 228 g/mol. The van der Waals surface area contributed by atoms with Crippen molar-refractivity contribution in [2.24, 2.45) is 10.3 Å². The molecule has 18 heavy (non-hydrogen) atoms. The Balaban J connectivity index is 2.08. The number of quaternary nitrogens is 1. The predicted molar refractivity (Wildman–Crippen MR) is 69.7 cm³/mol. The summed E-state index contributed by atoms with van der Waals surface area (Å²) in [5, 5.41) is 12.4. The molecule has 4 N–H and O–H groups in total. The SMILES string of the molecule is N=N/N=C(\[NH2+]c1ccccc1)N1CCCNCC1. The summed E-state index contributed by atoms with van der Waals surface area (Å²) in [6.07, 6.45) is 1.08. The van der Waals surface area contributed by atoms with Gasteiger partial charge >= 0.3 is 5.96 Å². The van der Waals surface area contributed by atoms with Crippen molar-refractivity contribution >= 4 is 11.6 Å². The molecule has 0 amide bonds. The highest BCUT2D eigenvalue weighted by atomic mass is 15.4. The van der Waals surface area contributed by atoms with Crippen molar-refractivity contribution in [2.45, 2.75) is 6.42 Å². The van der Waals surface area contributed by atoms with E-state index in [-0.39, 0.29) is 0 Å². The molecule has 0 spiro atoms. The van der Waals surface area contributed by atoms with Crippen LogP contribution >= 0.6 is 0 Å². The first kappa shape index (κ1) is 12.7. The fourth-order valence-electron chi connectivity index (χ4n) is 2.01. The summed E-state index contributed by atoms with van der Waals surface area (Å²) in [4.78, 5) is 2.17. The molecule has 0 saturated carbocycles. The number of hydrogen-bond acceptors (Lipinski definition) is 3. The van der Waals surface area contributed by atoms with Gasteiger partial charge in [0.05, 0.1) is 0 Å². The minimum atomic E-state index is 0.764. The van der Waals surface area contributed by atoms with E-state index in [9.17, 15) is 0 Å². The number of nitrogens with two attached hydrogens (primary N) is 1. The average molecular weight is 247 g/mol. The molecule has 1 saturated heterocycles. The van der Waals surface area contributed by atoms with Crippen molar-refractivity contribution in [3.8, 4) is 0 Å². The van der Waals surface area contributed by atoms with Gasteiger partial charge in [0.25, 0.3) is 0 Å². The summed E-state index contributed by atoms with van der Waals surface area (Å²) in [5.74, 6) is 0.764. The quantitative estimate of drug-likeness (QED) is 0.234. The molecule has 96 valence electrons. The number of guanidine groups is 1. The number of nitrogens with one attached hydrogen (secondary N) is 2. The van der Waals surface area contributed by atoms with E-state index in [1.165, 1.54) is 0 Å². The second-order valence-electron chi connectivity index (χ2n) is 4.20. The zero-order valence-electron chi connectivity index (χ0n) is 10.3. The molecule has 6 heteroatoms. The molecule has 0 atom stereocenters. The lowest BCUT2D eigenvalue weighted by Crippen LogP contribution is -2.86. The van der Waals surface area contributed by atoms with Crippen molar-refractivity contribution in [3.63, 3.8) is 0 Å². The molecule has 0 aromatic heterocycles. The maximum Gasteiger partial charge on any atom is 0.327 e. The summed E-state index contributed by atoms with van der Waals surface area (Å²) < 4.78 is 0. The van der Waals surface area contributed by atoms with E-state index in [1.54, 1.807) is 0 Å². The second-order valence-corrected chi connectivity index (χ2v) is 4.20. The molecule has 1 heterocycles. The Hall–Kier alpha value is -1.79. The molecule has 0 bridgehead atoms. The molecule has 0 radical (unpaired) electrons. The topological polar surface area (TPSA) is 80.5 Å².